The molecule has 0 aliphatic carbocycles. The van der Waals surface area contributed by atoms with Crippen LogP contribution in [0.15, 0.2) is 24.3 Å². The second kappa shape index (κ2) is 6.12. The molecular formula is C17H23NO2. The first kappa shape index (κ1) is 14.6. The normalized spacial score (nSPS) is 23.2. The summed E-state index contributed by atoms with van der Waals surface area (Å²) in [6, 6.07) is 6.26. The molecule has 2 atom stereocenters. The van der Waals surface area contributed by atoms with Gasteiger partial charge >= 0.3 is 5.97 Å². The van der Waals surface area contributed by atoms with Gasteiger partial charge in [0.25, 0.3) is 0 Å². The minimum atomic E-state index is -0.910. The van der Waals surface area contributed by atoms with Crippen molar-refractivity contribution in [1.82, 2.24) is 0 Å². The Morgan fingerprint density at radius 2 is 2.10 bits per heavy atom. The van der Waals surface area contributed by atoms with Crippen molar-refractivity contribution in [3.8, 4) is 0 Å². The molecular weight excluding hydrogens is 250 g/mol. The zero-order valence-electron chi connectivity index (χ0n) is 12.5. The summed E-state index contributed by atoms with van der Waals surface area (Å²) in [5.74, 6) is 0.605. The smallest absolute Gasteiger partial charge is 0.328 e. The summed E-state index contributed by atoms with van der Waals surface area (Å²) in [4.78, 5) is 13.0. The number of carbonyl (C=O) groups is 1. The van der Waals surface area contributed by atoms with Crippen LogP contribution in [0.5, 0.6) is 0 Å². The molecule has 0 spiro atoms. The average molecular weight is 273 g/mol. The van der Waals surface area contributed by atoms with Gasteiger partial charge < -0.3 is 10.0 Å². The van der Waals surface area contributed by atoms with Gasteiger partial charge in [0.05, 0.1) is 0 Å². The predicted molar refractivity (Wildman–Crippen MR) is 83.0 cm³/mol. The van der Waals surface area contributed by atoms with Crippen LogP contribution in [-0.2, 0) is 4.79 Å². The average Bonchev–Trinajstić information content (AvgIpc) is 2.40. The van der Waals surface area contributed by atoms with Crippen molar-refractivity contribution < 1.29 is 9.90 Å². The maximum absolute atomic E-state index is 10.6. The van der Waals surface area contributed by atoms with Gasteiger partial charge in [0.2, 0.25) is 0 Å². The van der Waals surface area contributed by atoms with Gasteiger partial charge in [-0.15, -0.1) is 0 Å². The summed E-state index contributed by atoms with van der Waals surface area (Å²) < 4.78 is 0. The number of nitrogens with zero attached hydrogens (tertiary/aromatic N) is 1. The maximum atomic E-state index is 10.6. The highest BCUT2D eigenvalue weighted by Gasteiger charge is 2.22. The molecule has 1 aliphatic heterocycles. The van der Waals surface area contributed by atoms with E-state index in [9.17, 15) is 4.79 Å². The Balaban J connectivity index is 2.15. The lowest BCUT2D eigenvalue weighted by Gasteiger charge is -2.37. The number of piperidine rings is 1. The van der Waals surface area contributed by atoms with Crippen LogP contribution in [0.4, 0.5) is 5.69 Å². The highest BCUT2D eigenvalue weighted by Crippen LogP contribution is 2.28. The number of hydrogen-bond acceptors (Lipinski definition) is 2. The molecule has 1 N–H and O–H groups in total. The quantitative estimate of drug-likeness (QED) is 0.856. The number of benzene rings is 1. The van der Waals surface area contributed by atoms with Crippen LogP contribution in [-0.4, -0.2) is 24.2 Å². The van der Waals surface area contributed by atoms with Crippen LogP contribution in [0.1, 0.15) is 31.4 Å². The second-order valence-corrected chi connectivity index (χ2v) is 5.90. The van der Waals surface area contributed by atoms with Crippen LogP contribution in [0, 0.1) is 18.8 Å². The first-order chi connectivity index (χ1) is 9.47. The van der Waals surface area contributed by atoms with Gasteiger partial charge in [-0.05, 0) is 54.5 Å². The van der Waals surface area contributed by atoms with E-state index in [0.717, 1.165) is 36.1 Å². The third-order valence-electron chi connectivity index (χ3n) is 4.36. The van der Waals surface area contributed by atoms with Gasteiger partial charge in [-0.1, -0.05) is 19.9 Å². The van der Waals surface area contributed by atoms with E-state index < -0.39 is 5.97 Å². The zero-order valence-corrected chi connectivity index (χ0v) is 12.5. The van der Waals surface area contributed by atoms with Crippen molar-refractivity contribution >= 4 is 17.7 Å². The van der Waals surface area contributed by atoms with E-state index in [1.165, 1.54) is 18.2 Å². The Hall–Kier alpha value is -1.77. The molecule has 0 aromatic heterocycles. The number of aryl methyl sites for hydroxylation is 1. The van der Waals surface area contributed by atoms with E-state index in [4.69, 9.17) is 5.11 Å². The molecule has 0 bridgehead atoms. The van der Waals surface area contributed by atoms with Crippen LogP contribution < -0.4 is 4.90 Å². The molecule has 2 unspecified atom stereocenters. The molecule has 1 aliphatic rings. The molecule has 3 heteroatoms. The third-order valence-corrected chi connectivity index (χ3v) is 4.36. The highest BCUT2D eigenvalue weighted by atomic mass is 16.4. The minimum absolute atomic E-state index is 0.718. The SMILES string of the molecule is Cc1cc(N2CCC(C)C(C)C2)ccc1/C=C/C(=O)O. The van der Waals surface area contributed by atoms with Gasteiger partial charge in [-0.2, -0.15) is 0 Å². The fourth-order valence-corrected chi connectivity index (χ4v) is 2.70. The van der Waals surface area contributed by atoms with Gasteiger partial charge in [0.15, 0.2) is 0 Å². The first-order valence-corrected chi connectivity index (χ1v) is 7.24. The summed E-state index contributed by atoms with van der Waals surface area (Å²) in [5.41, 5.74) is 3.33. The summed E-state index contributed by atoms with van der Waals surface area (Å²) >= 11 is 0. The number of rotatable bonds is 3. The lowest BCUT2D eigenvalue weighted by atomic mass is 9.88. The van der Waals surface area contributed by atoms with E-state index in [-0.39, 0.29) is 0 Å². The van der Waals surface area contributed by atoms with Crippen molar-refractivity contribution in [2.24, 2.45) is 11.8 Å². The fraction of sp³-hybridized carbons (Fsp3) is 0.471. The van der Waals surface area contributed by atoms with Crippen molar-refractivity contribution in [3.63, 3.8) is 0 Å². The van der Waals surface area contributed by atoms with Gasteiger partial charge in [-0.3, -0.25) is 0 Å². The molecule has 1 aromatic rings. The number of aliphatic carboxylic acids is 1. The second-order valence-electron chi connectivity index (χ2n) is 5.90. The van der Waals surface area contributed by atoms with Gasteiger partial charge in [-0.25, -0.2) is 4.79 Å². The van der Waals surface area contributed by atoms with Crippen molar-refractivity contribution in [2.45, 2.75) is 27.2 Å². The molecule has 1 fully saturated rings. The largest absolute Gasteiger partial charge is 0.478 e. The Labute approximate surface area is 120 Å². The molecule has 1 heterocycles. The van der Waals surface area contributed by atoms with Crippen molar-refractivity contribution in [2.75, 3.05) is 18.0 Å². The molecule has 20 heavy (non-hydrogen) atoms. The molecule has 0 radical (unpaired) electrons. The van der Waals surface area contributed by atoms with Crippen LogP contribution in [0.3, 0.4) is 0 Å². The number of carboxylic acid groups (broad SMARTS) is 1. The van der Waals surface area contributed by atoms with Crippen molar-refractivity contribution in [3.05, 3.63) is 35.4 Å². The maximum Gasteiger partial charge on any atom is 0.328 e. The number of hydrogen-bond donors (Lipinski definition) is 1. The van der Waals surface area contributed by atoms with E-state index in [0.29, 0.717) is 0 Å². The molecule has 0 saturated carbocycles. The van der Waals surface area contributed by atoms with E-state index in [1.54, 1.807) is 6.08 Å². The Kier molecular flexibility index (Phi) is 4.48. The van der Waals surface area contributed by atoms with Crippen LogP contribution in [0.2, 0.25) is 0 Å². The summed E-state index contributed by atoms with van der Waals surface area (Å²) in [5, 5.41) is 8.68. The third kappa shape index (κ3) is 3.41. The fourth-order valence-electron chi connectivity index (χ4n) is 2.70. The molecule has 2 rings (SSSR count). The van der Waals surface area contributed by atoms with Crippen LogP contribution in [0.25, 0.3) is 6.08 Å². The Bertz CT molecular complexity index is 522. The summed E-state index contributed by atoms with van der Waals surface area (Å²) in [6.45, 7) is 8.88. The lowest BCUT2D eigenvalue weighted by molar-refractivity contribution is -0.131. The molecule has 1 saturated heterocycles. The standard InChI is InChI=1S/C17H23NO2/c1-12-8-9-18(11-14(12)3)16-6-4-15(13(2)10-16)5-7-17(19)20/h4-7,10,12,14H,8-9,11H2,1-3H3,(H,19,20)/b7-5+. The van der Waals surface area contributed by atoms with Gasteiger partial charge in [0.1, 0.15) is 0 Å². The predicted octanol–water partition coefficient (Wildman–Crippen LogP) is 3.58. The summed E-state index contributed by atoms with van der Waals surface area (Å²) in [7, 11) is 0. The molecule has 3 nitrogen and oxygen atoms in total. The van der Waals surface area contributed by atoms with Crippen LogP contribution >= 0.6 is 0 Å². The zero-order chi connectivity index (χ0) is 14.7. The summed E-state index contributed by atoms with van der Waals surface area (Å²) in [6.07, 6.45) is 4.08. The topological polar surface area (TPSA) is 40.5 Å². The van der Waals surface area contributed by atoms with Gasteiger partial charge in [0, 0.05) is 24.9 Å². The number of carboxylic acids is 1. The monoisotopic (exact) mass is 273 g/mol. The van der Waals surface area contributed by atoms with E-state index in [2.05, 4.69) is 30.9 Å². The van der Waals surface area contributed by atoms with Crippen molar-refractivity contribution in [1.29, 1.82) is 0 Å². The Morgan fingerprint density at radius 3 is 2.70 bits per heavy atom. The minimum Gasteiger partial charge on any atom is -0.478 e. The highest BCUT2D eigenvalue weighted by molar-refractivity contribution is 5.85. The first-order valence-electron chi connectivity index (χ1n) is 7.24. The lowest BCUT2D eigenvalue weighted by Crippen LogP contribution is -2.38. The van der Waals surface area contributed by atoms with E-state index >= 15 is 0 Å². The Morgan fingerprint density at radius 1 is 1.35 bits per heavy atom. The molecule has 1 aromatic carbocycles. The molecule has 0 amide bonds. The number of anilines is 1. The molecule has 108 valence electrons. The van der Waals surface area contributed by atoms with E-state index in [1.807, 2.05) is 13.0 Å².